The Hall–Kier alpha value is -3.15. The van der Waals surface area contributed by atoms with E-state index in [0.29, 0.717) is 16.4 Å². The van der Waals surface area contributed by atoms with E-state index in [1.807, 2.05) is 0 Å². The Bertz CT molecular complexity index is 1030. The van der Waals surface area contributed by atoms with Gasteiger partial charge in [0.25, 0.3) is 5.56 Å². The second-order valence-corrected chi connectivity index (χ2v) is 6.90. The number of aryl methyl sites for hydroxylation is 1. The predicted octanol–water partition coefficient (Wildman–Crippen LogP) is 2.77. The number of hydrogen-bond donors (Lipinski definition) is 2. The molecule has 9 nitrogen and oxygen atoms in total. The summed E-state index contributed by atoms with van der Waals surface area (Å²) in [5, 5.41) is 2.93. The predicted molar refractivity (Wildman–Crippen MR) is 109 cm³/mol. The van der Waals surface area contributed by atoms with Crippen LogP contribution in [0.1, 0.15) is 28.0 Å². The molecule has 1 amide bonds. The molecule has 2 aromatic rings. The number of benzene rings is 1. The van der Waals surface area contributed by atoms with Gasteiger partial charge in [-0.15, -0.1) is 0 Å². The number of H-pyrrole nitrogens is 1. The summed E-state index contributed by atoms with van der Waals surface area (Å²) >= 11 is 1.28. The van der Waals surface area contributed by atoms with Crippen molar-refractivity contribution in [3.8, 4) is 11.5 Å². The van der Waals surface area contributed by atoms with Gasteiger partial charge in [-0.2, -0.15) is 8.78 Å². The highest BCUT2D eigenvalue weighted by atomic mass is 32.2. The first-order chi connectivity index (χ1) is 14.7. The highest BCUT2D eigenvalue weighted by molar-refractivity contribution is 7.98. The number of rotatable bonds is 9. The van der Waals surface area contributed by atoms with E-state index < -0.39 is 18.5 Å². The maximum atomic E-state index is 12.7. The highest BCUT2D eigenvalue weighted by Crippen LogP contribution is 2.35. The van der Waals surface area contributed by atoms with Crippen LogP contribution in [0.3, 0.4) is 0 Å². The lowest BCUT2D eigenvalue weighted by Gasteiger charge is -2.15. The largest absolute Gasteiger partial charge is 0.493 e. The van der Waals surface area contributed by atoms with Gasteiger partial charge >= 0.3 is 12.6 Å². The third-order valence-electron chi connectivity index (χ3n) is 4.20. The maximum Gasteiger partial charge on any atom is 0.387 e. The molecular weight excluding hydrogens is 436 g/mol. The van der Waals surface area contributed by atoms with Crippen molar-refractivity contribution < 1.29 is 32.6 Å². The van der Waals surface area contributed by atoms with Crippen LogP contribution in [-0.2, 0) is 16.0 Å². The number of amides is 1. The summed E-state index contributed by atoms with van der Waals surface area (Å²) in [6, 6.07) is 2.17. The minimum Gasteiger partial charge on any atom is -0.493 e. The number of hydrogen-bond acceptors (Lipinski definition) is 8. The first-order valence-corrected chi connectivity index (χ1v) is 10.1. The first kappa shape index (κ1) is 24.1. The zero-order valence-corrected chi connectivity index (χ0v) is 18.0. The molecule has 2 N–H and O–H groups in total. The van der Waals surface area contributed by atoms with Crippen LogP contribution in [0.25, 0.3) is 0 Å². The minimum atomic E-state index is -3.15. The van der Waals surface area contributed by atoms with Crippen LogP contribution in [0.2, 0.25) is 0 Å². The Morgan fingerprint density at radius 1 is 1.26 bits per heavy atom. The Morgan fingerprint density at radius 2 is 1.97 bits per heavy atom. The van der Waals surface area contributed by atoms with E-state index in [2.05, 4.69) is 24.8 Å². The van der Waals surface area contributed by atoms with Gasteiger partial charge in [-0.25, -0.2) is 9.78 Å². The third-order valence-corrected chi connectivity index (χ3v) is 4.78. The lowest BCUT2D eigenvalue weighted by atomic mass is 10.1. The number of alkyl halides is 2. The van der Waals surface area contributed by atoms with Crippen molar-refractivity contribution in [1.82, 2.24) is 9.97 Å². The maximum absolute atomic E-state index is 12.7. The molecule has 0 saturated heterocycles. The molecule has 0 fully saturated rings. The van der Waals surface area contributed by atoms with E-state index in [-0.39, 0.29) is 41.2 Å². The SMILES string of the molecule is COC(=O)c1cc(OC)c(OC(F)F)cc1NC(=O)CCc1c(C)nc(SC)[nH]c1=O. The second kappa shape index (κ2) is 10.8. The summed E-state index contributed by atoms with van der Waals surface area (Å²) in [6.07, 6.45) is 1.73. The van der Waals surface area contributed by atoms with E-state index in [0.717, 1.165) is 19.2 Å². The summed E-state index contributed by atoms with van der Waals surface area (Å²) in [7, 11) is 2.34. The van der Waals surface area contributed by atoms with Gasteiger partial charge in [0.2, 0.25) is 5.91 Å². The standard InChI is InChI=1S/C19H21F2N3O6S/c1-9-10(16(26)24-19(22-9)31-4)5-6-15(25)23-12-8-14(30-18(20)21)13(28-2)7-11(12)17(27)29-3/h7-8,18H,5-6H2,1-4H3,(H,23,25)(H,22,24,26). The minimum absolute atomic E-state index is 0.0821. The molecule has 0 aliphatic heterocycles. The number of carbonyl (C=O) groups excluding carboxylic acids is 2. The molecule has 0 unspecified atom stereocenters. The van der Waals surface area contributed by atoms with Crippen molar-refractivity contribution in [3.05, 3.63) is 39.3 Å². The van der Waals surface area contributed by atoms with Gasteiger partial charge in [-0.05, 0) is 19.6 Å². The topological polar surface area (TPSA) is 120 Å². The Kier molecular flexibility index (Phi) is 8.37. The van der Waals surface area contributed by atoms with Crippen molar-refractivity contribution in [1.29, 1.82) is 0 Å². The number of aromatic amines is 1. The summed E-state index contributed by atoms with van der Waals surface area (Å²) in [5.41, 5.74) is 0.270. The van der Waals surface area contributed by atoms with Crippen LogP contribution in [0.15, 0.2) is 22.1 Å². The van der Waals surface area contributed by atoms with Crippen LogP contribution >= 0.6 is 11.8 Å². The Labute approximate surface area is 180 Å². The summed E-state index contributed by atoms with van der Waals surface area (Å²) in [4.78, 5) is 43.6. The van der Waals surface area contributed by atoms with E-state index in [9.17, 15) is 23.2 Å². The zero-order chi connectivity index (χ0) is 23.1. The number of nitrogens with zero attached hydrogens (tertiary/aromatic N) is 1. The molecule has 1 aromatic carbocycles. The molecule has 2 rings (SSSR count). The molecule has 0 spiro atoms. The molecule has 168 valence electrons. The number of nitrogens with one attached hydrogen (secondary N) is 2. The van der Waals surface area contributed by atoms with Gasteiger partial charge in [0, 0.05) is 29.8 Å². The van der Waals surface area contributed by atoms with Crippen LogP contribution in [0.5, 0.6) is 11.5 Å². The summed E-state index contributed by atoms with van der Waals surface area (Å²) in [6.45, 7) is -1.48. The van der Waals surface area contributed by atoms with E-state index in [1.54, 1.807) is 13.2 Å². The molecule has 0 aliphatic rings. The molecule has 12 heteroatoms. The number of anilines is 1. The quantitative estimate of drug-likeness (QED) is 0.335. The second-order valence-electron chi connectivity index (χ2n) is 6.11. The van der Waals surface area contributed by atoms with Crippen molar-refractivity contribution in [2.75, 3.05) is 25.8 Å². The molecule has 0 bridgehead atoms. The van der Waals surface area contributed by atoms with Gasteiger partial charge in [0.05, 0.1) is 25.5 Å². The normalized spacial score (nSPS) is 10.7. The molecular formula is C19H21F2N3O6S. The fraction of sp³-hybridized carbons (Fsp3) is 0.368. The number of methoxy groups -OCH3 is 2. The number of thioether (sulfide) groups is 1. The van der Waals surface area contributed by atoms with Crippen molar-refractivity contribution in [2.24, 2.45) is 0 Å². The smallest absolute Gasteiger partial charge is 0.387 e. The molecule has 1 aromatic heterocycles. The van der Waals surface area contributed by atoms with E-state index in [4.69, 9.17) is 4.74 Å². The molecule has 31 heavy (non-hydrogen) atoms. The zero-order valence-electron chi connectivity index (χ0n) is 17.2. The molecule has 0 aliphatic carbocycles. The monoisotopic (exact) mass is 457 g/mol. The van der Waals surface area contributed by atoms with Crippen LogP contribution in [0.4, 0.5) is 14.5 Å². The Balaban J connectivity index is 2.26. The van der Waals surface area contributed by atoms with Crippen LogP contribution in [-0.4, -0.2) is 48.9 Å². The van der Waals surface area contributed by atoms with Crippen LogP contribution < -0.4 is 20.3 Å². The molecule has 1 heterocycles. The van der Waals surface area contributed by atoms with E-state index >= 15 is 0 Å². The average molecular weight is 457 g/mol. The third kappa shape index (κ3) is 6.17. The number of esters is 1. The summed E-state index contributed by atoms with van der Waals surface area (Å²) < 4.78 is 39.4. The average Bonchev–Trinajstić information content (AvgIpc) is 2.72. The van der Waals surface area contributed by atoms with Gasteiger partial charge in [0.15, 0.2) is 16.7 Å². The number of carbonyl (C=O) groups is 2. The van der Waals surface area contributed by atoms with Gasteiger partial charge in [-0.1, -0.05) is 11.8 Å². The Morgan fingerprint density at radius 3 is 2.52 bits per heavy atom. The van der Waals surface area contributed by atoms with Gasteiger partial charge in [0.1, 0.15) is 0 Å². The summed E-state index contributed by atoms with van der Waals surface area (Å²) in [5.74, 6) is -1.89. The number of aromatic nitrogens is 2. The lowest BCUT2D eigenvalue weighted by Crippen LogP contribution is -2.21. The molecule has 0 saturated carbocycles. The number of ether oxygens (including phenoxy) is 3. The first-order valence-electron chi connectivity index (χ1n) is 8.88. The van der Waals surface area contributed by atoms with Crippen molar-refractivity contribution in [3.63, 3.8) is 0 Å². The fourth-order valence-corrected chi connectivity index (χ4v) is 3.14. The fourth-order valence-electron chi connectivity index (χ4n) is 2.72. The molecule has 0 atom stereocenters. The lowest BCUT2D eigenvalue weighted by molar-refractivity contribution is -0.116. The molecule has 0 radical (unpaired) electrons. The van der Waals surface area contributed by atoms with E-state index in [1.165, 1.54) is 18.9 Å². The van der Waals surface area contributed by atoms with Gasteiger partial charge < -0.3 is 24.5 Å². The van der Waals surface area contributed by atoms with Crippen molar-refractivity contribution in [2.45, 2.75) is 31.5 Å². The van der Waals surface area contributed by atoms with Crippen molar-refractivity contribution >= 4 is 29.3 Å². The van der Waals surface area contributed by atoms with Crippen LogP contribution in [0, 0.1) is 6.92 Å². The van der Waals surface area contributed by atoms with Gasteiger partial charge in [-0.3, -0.25) is 9.59 Å². The number of halogens is 2. The highest BCUT2D eigenvalue weighted by Gasteiger charge is 2.21.